The number of carbonyl (C=O) groups excluding carboxylic acids is 1. The number of aromatic amines is 1. The van der Waals surface area contributed by atoms with Crippen molar-refractivity contribution in [1.29, 1.82) is 0 Å². The minimum atomic E-state index is -0.0743. The first-order valence-electron chi connectivity index (χ1n) is 9.52. The molecule has 4 heterocycles. The number of nitrogens with zero attached hydrogens (tertiary/aromatic N) is 3. The highest BCUT2D eigenvalue weighted by molar-refractivity contribution is 5.84. The zero-order valence-corrected chi connectivity index (χ0v) is 15.4. The molecule has 140 valence electrons. The quantitative estimate of drug-likeness (QED) is 0.601. The van der Waals surface area contributed by atoms with Crippen molar-refractivity contribution in [1.82, 2.24) is 19.3 Å². The van der Waals surface area contributed by atoms with Crippen LogP contribution in [0.4, 0.5) is 0 Å². The molecule has 1 aromatic carbocycles. The van der Waals surface area contributed by atoms with Gasteiger partial charge in [-0.05, 0) is 30.2 Å². The zero-order valence-electron chi connectivity index (χ0n) is 15.4. The van der Waals surface area contributed by atoms with Gasteiger partial charge in [-0.15, -0.1) is 0 Å². The molecule has 0 saturated heterocycles. The van der Waals surface area contributed by atoms with Gasteiger partial charge in [0.15, 0.2) is 0 Å². The first-order valence-corrected chi connectivity index (χ1v) is 9.52. The van der Waals surface area contributed by atoms with Crippen LogP contribution in [0.5, 0.6) is 0 Å². The molecule has 6 nitrogen and oxygen atoms in total. The van der Waals surface area contributed by atoms with Crippen LogP contribution in [0.25, 0.3) is 16.6 Å². The van der Waals surface area contributed by atoms with E-state index in [9.17, 15) is 9.59 Å². The molecule has 6 heteroatoms. The lowest BCUT2D eigenvalue weighted by Gasteiger charge is -2.28. The molecular weight excluding hydrogens is 352 g/mol. The fraction of sp³-hybridized carbons (Fsp3) is 0.227. The number of nitrogens with one attached hydrogen (secondary N) is 1. The largest absolute Gasteiger partial charge is 0.361 e. The average Bonchev–Trinajstić information content (AvgIpc) is 3.15. The molecule has 3 aromatic heterocycles. The molecule has 1 aliphatic rings. The van der Waals surface area contributed by atoms with Gasteiger partial charge in [-0.25, -0.2) is 4.98 Å². The number of amides is 1. The topological polar surface area (TPSA) is 70.5 Å². The maximum atomic E-state index is 12.8. The van der Waals surface area contributed by atoms with Crippen LogP contribution in [-0.4, -0.2) is 31.7 Å². The number of para-hydroxylation sites is 1. The van der Waals surface area contributed by atoms with Gasteiger partial charge in [-0.2, -0.15) is 0 Å². The van der Waals surface area contributed by atoms with Gasteiger partial charge in [-0.3, -0.25) is 14.0 Å². The highest BCUT2D eigenvalue weighted by Gasteiger charge is 2.24. The van der Waals surface area contributed by atoms with E-state index in [0.717, 1.165) is 22.2 Å². The SMILES string of the molecule is O=C(CCc1c[nH]c2ccccc12)N1CCc2nc3ccccn3c(=O)c2C1. The van der Waals surface area contributed by atoms with Crippen molar-refractivity contribution in [3.05, 3.63) is 82.0 Å². The third kappa shape index (κ3) is 2.78. The first-order chi connectivity index (χ1) is 13.7. The van der Waals surface area contributed by atoms with Crippen LogP contribution in [0.15, 0.2) is 59.7 Å². The molecule has 0 aliphatic carbocycles. The minimum Gasteiger partial charge on any atom is -0.361 e. The Morgan fingerprint density at radius 1 is 1.14 bits per heavy atom. The van der Waals surface area contributed by atoms with Gasteiger partial charge in [-0.1, -0.05) is 24.3 Å². The van der Waals surface area contributed by atoms with Gasteiger partial charge >= 0.3 is 0 Å². The van der Waals surface area contributed by atoms with Gasteiger partial charge in [0, 0.05) is 42.7 Å². The summed E-state index contributed by atoms with van der Waals surface area (Å²) in [6, 6.07) is 13.6. The van der Waals surface area contributed by atoms with E-state index in [1.807, 2.05) is 42.6 Å². The number of pyridine rings is 1. The lowest BCUT2D eigenvalue weighted by molar-refractivity contribution is -0.132. The van der Waals surface area contributed by atoms with Crippen molar-refractivity contribution in [2.24, 2.45) is 0 Å². The Hall–Kier alpha value is -3.41. The van der Waals surface area contributed by atoms with Crippen LogP contribution in [0.3, 0.4) is 0 Å². The molecule has 1 aliphatic heterocycles. The van der Waals surface area contributed by atoms with Gasteiger partial charge in [0.1, 0.15) is 5.65 Å². The summed E-state index contributed by atoms with van der Waals surface area (Å²) in [7, 11) is 0. The monoisotopic (exact) mass is 372 g/mol. The summed E-state index contributed by atoms with van der Waals surface area (Å²) >= 11 is 0. The van der Waals surface area contributed by atoms with Crippen molar-refractivity contribution in [2.75, 3.05) is 6.54 Å². The fourth-order valence-electron chi connectivity index (χ4n) is 4.00. The Balaban J connectivity index is 1.35. The third-order valence-electron chi connectivity index (χ3n) is 5.52. The molecule has 28 heavy (non-hydrogen) atoms. The van der Waals surface area contributed by atoms with Crippen molar-refractivity contribution in [3.63, 3.8) is 0 Å². The van der Waals surface area contributed by atoms with E-state index in [-0.39, 0.29) is 11.5 Å². The number of aryl methyl sites for hydroxylation is 1. The fourth-order valence-corrected chi connectivity index (χ4v) is 4.00. The molecule has 0 bridgehead atoms. The number of aromatic nitrogens is 3. The Labute approximate surface area is 161 Å². The number of hydrogen-bond donors (Lipinski definition) is 1. The Morgan fingerprint density at radius 2 is 2.00 bits per heavy atom. The number of rotatable bonds is 3. The van der Waals surface area contributed by atoms with E-state index in [2.05, 4.69) is 16.0 Å². The van der Waals surface area contributed by atoms with E-state index < -0.39 is 0 Å². The molecule has 1 N–H and O–H groups in total. The zero-order chi connectivity index (χ0) is 19.1. The van der Waals surface area contributed by atoms with Crippen molar-refractivity contribution in [3.8, 4) is 0 Å². The minimum absolute atomic E-state index is 0.0743. The summed E-state index contributed by atoms with van der Waals surface area (Å²) in [5.74, 6) is 0.0773. The van der Waals surface area contributed by atoms with Crippen molar-refractivity contribution in [2.45, 2.75) is 25.8 Å². The molecule has 0 spiro atoms. The van der Waals surface area contributed by atoms with E-state index in [1.165, 1.54) is 0 Å². The number of fused-ring (bicyclic) bond motifs is 3. The predicted molar refractivity (Wildman–Crippen MR) is 107 cm³/mol. The molecule has 0 unspecified atom stereocenters. The Kier molecular flexibility index (Phi) is 3.97. The first kappa shape index (κ1) is 16.7. The second-order valence-corrected chi connectivity index (χ2v) is 7.20. The summed E-state index contributed by atoms with van der Waals surface area (Å²) < 4.78 is 1.55. The van der Waals surface area contributed by atoms with Crippen LogP contribution in [0, 0.1) is 0 Å². The van der Waals surface area contributed by atoms with Crippen LogP contribution in [0.2, 0.25) is 0 Å². The highest BCUT2D eigenvalue weighted by atomic mass is 16.2. The summed E-state index contributed by atoms with van der Waals surface area (Å²) in [5, 5.41) is 1.16. The second-order valence-electron chi connectivity index (χ2n) is 7.20. The average molecular weight is 372 g/mol. The standard InChI is InChI=1S/C22H20N4O2/c27-21(9-8-15-13-23-18-6-2-1-5-16(15)18)25-12-10-19-17(14-25)22(28)26-11-4-3-7-20(26)24-19/h1-7,11,13,23H,8-10,12,14H2. The molecule has 0 saturated carbocycles. The van der Waals surface area contributed by atoms with Crippen molar-refractivity contribution < 1.29 is 4.79 Å². The number of carbonyl (C=O) groups is 1. The number of hydrogen-bond acceptors (Lipinski definition) is 3. The van der Waals surface area contributed by atoms with Gasteiger partial charge in [0.25, 0.3) is 5.56 Å². The highest BCUT2D eigenvalue weighted by Crippen LogP contribution is 2.21. The molecule has 1 amide bonds. The predicted octanol–water partition coefficient (Wildman–Crippen LogP) is 2.69. The number of H-pyrrole nitrogens is 1. The lowest BCUT2D eigenvalue weighted by atomic mass is 10.0. The summed E-state index contributed by atoms with van der Waals surface area (Å²) in [6.45, 7) is 0.945. The molecule has 4 aromatic rings. The molecular formula is C22H20N4O2. The van der Waals surface area contributed by atoms with E-state index in [1.54, 1.807) is 15.5 Å². The van der Waals surface area contributed by atoms with Gasteiger partial charge < -0.3 is 9.88 Å². The van der Waals surface area contributed by atoms with Crippen LogP contribution in [0.1, 0.15) is 23.2 Å². The third-order valence-corrected chi connectivity index (χ3v) is 5.52. The maximum absolute atomic E-state index is 12.8. The molecule has 0 radical (unpaired) electrons. The van der Waals surface area contributed by atoms with Crippen LogP contribution in [-0.2, 0) is 24.2 Å². The summed E-state index contributed by atoms with van der Waals surface area (Å²) in [5.41, 5.74) is 4.27. The van der Waals surface area contributed by atoms with Gasteiger partial charge in [0.05, 0.1) is 17.8 Å². The number of benzene rings is 1. The smallest absolute Gasteiger partial charge is 0.263 e. The molecule has 0 fully saturated rings. The summed E-state index contributed by atoms with van der Waals surface area (Å²) in [6.07, 6.45) is 5.43. The maximum Gasteiger partial charge on any atom is 0.263 e. The lowest BCUT2D eigenvalue weighted by Crippen LogP contribution is -2.40. The van der Waals surface area contributed by atoms with Crippen LogP contribution < -0.4 is 5.56 Å². The summed E-state index contributed by atoms with van der Waals surface area (Å²) in [4.78, 5) is 35.3. The van der Waals surface area contributed by atoms with E-state index >= 15 is 0 Å². The van der Waals surface area contributed by atoms with Crippen molar-refractivity contribution >= 4 is 22.5 Å². The van der Waals surface area contributed by atoms with Gasteiger partial charge in [0.2, 0.25) is 5.91 Å². The Morgan fingerprint density at radius 3 is 2.93 bits per heavy atom. The molecule has 0 atom stereocenters. The van der Waals surface area contributed by atoms with E-state index in [4.69, 9.17) is 0 Å². The van der Waals surface area contributed by atoms with Crippen LogP contribution >= 0.6 is 0 Å². The Bertz CT molecular complexity index is 1250. The second kappa shape index (κ2) is 6.64. The van der Waals surface area contributed by atoms with E-state index in [0.29, 0.717) is 43.6 Å². The normalized spacial score (nSPS) is 13.8. The molecule has 5 rings (SSSR count).